The second kappa shape index (κ2) is 5.08. The molecule has 1 aromatic carbocycles. The van der Waals surface area contributed by atoms with Crippen LogP contribution in [0.15, 0.2) is 17.0 Å². The molecule has 1 unspecified atom stereocenters. The number of carboxylic acids is 1. The van der Waals surface area contributed by atoms with E-state index in [1.807, 2.05) is 0 Å². The van der Waals surface area contributed by atoms with Crippen LogP contribution in [0.4, 0.5) is 0 Å². The van der Waals surface area contributed by atoms with E-state index in [9.17, 15) is 9.90 Å². The maximum Gasteiger partial charge on any atom is 0.336 e. The van der Waals surface area contributed by atoms with E-state index in [0.29, 0.717) is 5.56 Å². The molecule has 4 nitrogen and oxygen atoms in total. The summed E-state index contributed by atoms with van der Waals surface area (Å²) in [5, 5.41) is 18.5. The Hall–Kier alpha value is -1.04. The lowest BCUT2D eigenvalue weighted by Gasteiger charge is -2.26. The second-order valence-electron chi connectivity index (χ2n) is 3.83. The Kier molecular flexibility index (Phi) is 3.71. The van der Waals surface area contributed by atoms with Crippen molar-refractivity contribution in [3.05, 3.63) is 28.8 Å². The van der Waals surface area contributed by atoms with Crippen molar-refractivity contribution >= 4 is 17.7 Å². The normalized spacial score (nSPS) is 18.8. The van der Waals surface area contributed by atoms with Gasteiger partial charge in [-0.25, -0.2) is 4.79 Å². The maximum atomic E-state index is 11.1. The summed E-state index contributed by atoms with van der Waals surface area (Å²) < 4.78 is 5.38. The van der Waals surface area contributed by atoms with Crippen molar-refractivity contribution in [1.82, 2.24) is 0 Å². The molecule has 0 bridgehead atoms. The number of aromatic carboxylic acids is 1. The summed E-state index contributed by atoms with van der Waals surface area (Å²) >= 11 is 1.67. The summed E-state index contributed by atoms with van der Waals surface area (Å²) in [6.07, 6.45) is 0.720. The molecule has 0 amide bonds. The van der Waals surface area contributed by atoms with Crippen LogP contribution in [0.1, 0.15) is 34.0 Å². The summed E-state index contributed by atoms with van der Waals surface area (Å²) in [6, 6.07) is 3.35. The van der Waals surface area contributed by atoms with Crippen LogP contribution in [0.25, 0.3) is 0 Å². The molecular weight excluding hydrogens is 240 g/mol. The van der Waals surface area contributed by atoms with E-state index in [-0.39, 0.29) is 18.3 Å². The topological polar surface area (TPSA) is 66.8 Å². The summed E-state index contributed by atoms with van der Waals surface area (Å²) in [5.41, 5.74) is 1.48. The number of hydrogen-bond acceptors (Lipinski definition) is 4. The van der Waals surface area contributed by atoms with Crippen molar-refractivity contribution in [3.8, 4) is 0 Å². The van der Waals surface area contributed by atoms with Crippen LogP contribution in [0.5, 0.6) is 0 Å². The quantitative estimate of drug-likeness (QED) is 0.864. The summed E-state index contributed by atoms with van der Waals surface area (Å²) in [7, 11) is 1.61. The first kappa shape index (κ1) is 12.4. The molecule has 1 heterocycles. The van der Waals surface area contributed by atoms with Gasteiger partial charge in [-0.05, 0) is 24.1 Å². The van der Waals surface area contributed by atoms with E-state index in [0.717, 1.165) is 22.6 Å². The molecule has 92 valence electrons. The number of ether oxygens (including phenoxy) is 1. The molecule has 17 heavy (non-hydrogen) atoms. The monoisotopic (exact) mass is 254 g/mol. The van der Waals surface area contributed by atoms with Crippen LogP contribution in [0, 0.1) is 0 Å². The predicted octanol–water partition coefficient (Wildman–Crippen LogP) is 2.06. The fourth-order valence-corrected chi connectivity index (χ4v) is 3.27. The Bertz CT molecular complexity index is 444. The Morgan fingerprint density at radius 1 is 1.59 bits per heavy atom. The molecule has 0 saturated heterocycles. The minimum atomic E-state index is -1.01. The first-order valence-electron chi connectivity index (χ1n) is 5.34. The zero-order chi connectivity index (χ0) is 12.4. The van der Waals surface area contributed by atoms with E-state index >= 15 is 0 Å². The molecule has 1 atom stereocenters. The van der Waals surface area contributed by atoms with Gasteiger partial charge in [0.05, 0.1) is 18.3 Å². The van der Waals surface area contributed by atoms with Crippen molar-refractivity contribution in [1.29, 1.82) is 0 Å². The molecule has 0 fully saturated rings. The van der Waals surface area contributed by atoms with Gasteiger partial charge in [-0.15, -0.1) is 11.8 Å². The van der Waals surface area contributed by atoms with Gasteiger partial charge in [0.25, 0.3) is 0 Å². The number of thioether (sulfide) groups is 1. The third-order valence-corrected chi connectivity index (χ3v) is 4.06. The van der Waals surface area contributed by atoms with Gasteiger partial charge < -0.3 is 14.9 Å². The van der Waals surface area contributed by atoms with Gasteiger partial charge in [-0.1, -0.05) is 0 Å². The molecule has 1 aliphatic rings. The average Bonchev–Trinajstić information content (AvgIpc) is 2.36. The van der Waals surface area contributed by atoms with Gasteiger partial charge in [0, 0.05) is 23.3 Å². The SMILES string of the molecule is COC1CCSc2ccc(C(=O)O)c(CO)c21. The zero-order valence-electron chi connectivity index (χ0n) is 9.47. The smallest absolute Gasteiger partial charge is 0.336 e. The minimum absolute atomic E-state index is 0.118. The highest BCUT2D eigenvalue weighted by atomic mass is 32.2. The van der Waals surface area contributed by atoms with Gasteiger partial charge >= 0.3 is 5.97 Å². The molecule has 0 radical (unpaired) electrons. The van der Waals surface area contributed by atoms with E-state index < -0.39 is 5.97 Å². The number of fused-ring (bicyclic) bond motifs is 1. The summed E-state index contributed by atoms with van der Waals surface area (Å²) in [6.45, 7) is -0.273. The molecule has 5 heteroatoms. The van der Waals surface area contributed by atoms with Gasteiger partial charge in [0.2, 0.25) is 0 Å². The van der Waals surface area contributed by atoms with Gasteiger partial charge in [0.15, 0.2) is 0 Å². The highest BCUT2D eigenvalue weighted by Crippen LogP contribution is 2.40. The number of aliphatic hydroxyl groups is 1. The number of carbonyl (C=O) groups is 1. The maximum absolute atomic E-state index is 11.1. The molecule has 0 aromatic heterocycles. The van der Waals surface area contributed by atoms with Crippen molar-refractivity contribution in [2.45, 2.75) is 24.0 Å². The lowest BCUT2D eigenvalue weighted by Crippen LogP contribution is -2.15. The Morgan fingerprint density at radius 2 is 2.35 bits per heavy atom. The number of benzene rings is 1. The number of aliphatic hydroxyl groups excluding tert-OH is 1. The highest BCUT2D eigenvalue weighted by Gasteiger charge is 2.26. The minimum Gasteiger partial charge on any atom is -0.478 e. The van der Waals surface area contributed by atoms with E-state index in [4.69, 9.17) is 9.84 Å². The second-order valence-corrected chi connectivity index (χ2v) is 4.96. The summed E-state index contributed by atoms with van der Waals surface area (Å²) in [5.74, 6) is -0.0646. The number of methoxy groups -OCH3 is 1. The molecule has 1 aliphatic heterocycles. The number of hydrogen-bond donors (Lipinski definition) is 2. The van der Waals surface area contributed by atoms with Gasteiger partial charge in [-0.2, -0.15) is 0 Å². The largest absolute Gasteiger partial charge is 0.478 e. The van der Waals surface area contributed by atoms with Crippen molar-refractivity contribution in [2.75, 3.05) is 12.9 Å². The van der Waals surface area contributed by atoms with Crippen LogP contribution in [0.3, 0.4) is 0 Å². The van der Waals surface area contributed by atoms with Gasteiger partial charge in [0.1, 0.15) is 0 Å². The number of carboxylic acid groups (broad SMARTS) is 1. The standard InChI is InChI=1S/C12H14O4S/c1-16-9-4-5-17-10-3-2-7(12(14)15)8(6-13)11(9)10/h2-3,9,13H,4-6H2,1H3,(H,14,15). The molecular formula is C12H14O4S. The Labute approximate surface area is 104 Å². The van der Waals surface area contributed by atoms with E-state index in [1.54, 1.807) is 31.0 Å². The predicted molar refractivity (Wildman–Crippen MR) is 64.4 cm³/mol. The van der Waals surface area contributed by atoms with Crippen molar-refractivity contribution in [3.63, 3.8) is 0 Å². The third kappa shape index (κ3) is 2.18. The Morgan fingerprint density at radius 3 is 2.94 bits per heavy atom. The molecule has 0 saturated carbocycles. The molecule has 2 rings (SSSR count). The molecule has 1 aromatic rings. The highest BCUT2D eigenvalue weighted by molar-refractivity contribution is 7.99. The zero-order valence-corrected chi connectivity index (χ0v) is 10.3. The Balaban J connectivity index is 2.60. The lowest BCUT2D eigenvalue weighted by atomic mass is 9.95. The van der Waals surface area contributed by atoms with Crippen LogP contribution >= 0.6 is 11.8 Å². The van der Waals surface area contributed by atoms with Crippen molar-refractivity contribution in [2.24, 2.45) is 0 Å². The van der Waals surface area contributed by atoms with Crippen LogP contribution in [-0.2, 0) is 11.3 Å². The fraction of sp³-hybridized carbons (Fsp3) is 0.417. The molecule has 2 N–H and O–H groups in total. The van der Waals surface area contributed by atoms with Crippen LogP contribution in [-0.4, -0.2) is 29.0 Å². The van der Waals surface area contributed by atoms with Crippen LogP contribution in [0.2, 0.25) is 0 Å². The summed E-state index contributed by atoms with van der Waals surface area (Å²) in [4.78, 5) is 12.1. The lowest BCUT2D eigenvalue weighted by molar-refractivity contribution is 0.0689. The third-order valence-electron chi connectivity index (χ3n) is 2.95. The average molecular weight is 254 g/mol. The van der Waals surface area contributed by atoms with E-state index in [2.05, 4.69) is 0 Å². The first-order valence-corrected chi connectivity index (χ1v) is 6.33. The van der Waals surface area contributed by atoms with Gasteiger partial charge in [-0.3, -0.25) is 0 Å². The molecule has 0 spiro atoms. The molecule has 0 aliphatic carbocycles. The van der Waals surface area contributed by atoms with Crippen molar-refractivity contribution < 1.29 is 19.7 Å². The van der Waals surface area contributed by atoms with Crippen LogP contribution < -0.4 is 0 Å². The first-order chi connectivity index (χ1) is 8.19. The van der Waals surface area contributed by atoms with E-state index in [1.165, 1.54) is 0 Å². The number of rotatable bonds is 3. The fourth-order valence-electron chi connectivity index (χ4n) is 2.15.